The zero-order valence-electron chi connectivity index (χ0n) is 12.0. The summed E-state index contributed by atoms with van der Waals surface area (Å²) in [4.78, 5) is 5.14. The zero-order valence-corrected chi connectivity index (χ0v) is 12.0. The van der Waals surface area contributed by atoms with Crippen LogP contribution in [0.2, 0.25) is 0 Å². The summed E-state index contributed by atoms with van der Waals surface area (Å²) in [6.07, 6.45) is 5.20. The average Bonchev–Trinajstić information content (AvgIpc) is 2.73. The highest BCUT2D eigenvalue weighted by atomic mass is 15.2. The van der Waals surface area contributed by atoms with Crippen LogP contribution in [0.15, 0.2) is 0 Å². The summed E-state index contributed by atoms with van der Waals surface area (Å²) in [5, 5.41) is 0. The molecule has 0 amide bonds. The molecule has 0 aromatic heterocycles. The molecule has 0 aromatic carbocycles. The van der Waals surface area contributed by atoms with Crippen molar-refractivity contribution in [3.05, 3.63) is 0 Å². The Kier molecular flexibility index (Phi) is 7.09. The van der Waals surface area contributed by atoms with Crippen molar-refractivity contribution in [2.45, 2.75) is 45.6 Å². The van der Waals surface area contributed by atoms with Crippen molar-refractivity contribution >= 4 is 0 Å². The number of hydrogen-bond acceptors (Lipinski definition) is 3. The Hall–Kier alpha value is -0.120. The Morgan fingerprint density at radius 2 is 2.24 bits per heavy atom. The topological polar surface area (TPSA) is 32.5 Å². The molecule has 1 fully saturated rings. The molecule has 0 spiro atoms. The molecule has 1 heterocycles. The van der Waals surface area contributed by atoms with Gasteiger partial charge in [-0.3, -0.25) is 4.90 Å². The third-order valence-electron chi connectivity index (χ3n) is 3.95. The normalized spacial score (nSPS) is 23.5. The van der Waals surface area contributed by atoms with Gasteiger partial charge in [-0.25, -0.2) is 0 Å². The summed E-state index contributed by atoms with van der Waals surface area (Å²) in [5.41, 5.74) is 5.56. The van der Waals surface area contributed by atoms with Crippen molar-refractivity contribution in [3.8, 4) is 0 Å². The van der Waals surface area contributed by atoms with Gasteiger partial charge in [-0.05, 0) is 58.3 Å². The molecule has 2 atom stereocenters. The lowest BCUT2D eigenvalue weighted by atomic mass is 10.0. The average molecular weight is 241 g/mol. The minimum atomic E-state index is 0.778. The molecule has 1 rings (SSSR count). The Labute approximate surface area is 107 Å². The minimum Gasteiger partial charge on any atom is -0.330 e. The molecule has 0 aliphatic carbocycles. The molecule has 2 N–H and O–H groups in total. The molecule has 1 saturated heterocycles. The quantitative estimate of drug-likeness (QED) is 0.703. The predicted molar refractivity (Wildman–Crippen MR) is 75.2 cm³/mol. The maximum absolute atomic E-state index is 5.56. The molecule has 3 heteroatoms. The SMILES string of the molecule is CCN1CCCC1CN(C)CC(C)CCCN. The van der Waals surface area contributed by atoms with E-state index in [-0.39, 0.29) is 0 Å². The molecular weight excluding hydrogens is 210 g/mol. The van der Waals surface area contributed by atoms with Crippen molar-refractivity contribution in [1.82, 2.24) is 9.80 Å². The number of nitrogens with two attached hydrogens (primary N) is 1. The van der Waals surface area contributed by atoms with Crippen LogP contribution in [-0.2, 0) is 0 Å². The number of hydrogen-bond donors (Lipinski definition) is 1. The number of nitrogens with zero attached hydrogens (tertiary/aromatic N) is 2. The van der Waals surface area contributed by atoms with E-state index in [9.17, 15) is 0 Å². The van der Waals surface area contributed by atoms with E-state index in [2.05, 4.69) is 30.7 Å². The van der Waals surface area contributed by atoms with Crippen molar-refractivity contribution in [2.75, 3.05) is 39.8 Å². The van der Waals surface area contributed by atoms with Crippen molar-refractivity contribution < 1.29 is 0 Å². The maximum atomic E-state index is 5.56. The van der Waals surface area contributed by atoms with Crippen molar-refractivity contribution in [1.29, 1.82) is 0 Å². The highest BCUT2D eigenvalue weighted by Gasteiger charge is 2.24. The van der Waals surface area contributed by atoms with Crippen LogP contribution >= 0.6 is 0 Å². The molecule has 1 aliphatic rings. The van der Waals surface area contributed by atoms with Gasteiger partial charge in [0.25, 0.3) is 0 Å². The molecule has 1 aliphatic heterocycles. The van der Waals surface area contributed by atoms with Gasteiger partial charge in [-0.15, -0.1) is 0 Å². The fourth-order valence-electron chi connectivity index (χ4n) is 3.04. The monoisotopic (exact) mass is 241 g/mol. The van der Waals surface area contributed by atoms with Crippen LogP contribution in [-0.4, -0.2) is 55.6 Å². The van der Waals surface area contributed by atoms with Crippen LogP contribution in [0.25, 0.3) is 0 Å². The van der Waals surface area contributed by atoms with Crippen LogP contribution in [0.3, 0.4) is 0 Å². The maximum Gasteiger partial charge on any atom is 0.0223 e. The number of likely N-dealkylation sites (tertiary alicyclic amines) is 1. The van der Waals surface area contributed by atoms with E-state index in [0.29, 0.717) is 0 Å². The van der Waals surface area contributed by atoms with Crippen LogP contribution in [0.1, 0.15) is 39.5 Å². The lowest BCUT2D eigenvalue weighted by Crippen LogP contribution is -2.40. The van der Waals surface area contributed by atoms with Gasteiger partial charge < -0.3 is 10.6 Å². The van der Waals surface area contributed by atoms with Gasteiger partial charge in [-0.2, -0.15) is 0 Å². The summed E-state index contributed by atoms with van der Waals surface area (Å²) in [6, 6.07) is 0.798. The fourth-order valence-corrected chi connectivity index (χ4v) is 3.04. The summed E-state index contributed by atoms with van der Waals surface area (Å²) in [7, 11) is 2.27. The van der Waals surface area contributed by atoms with Gasteiger partial charge in [0.15, 0.2) is 0 Å². The first-order chi connectivity index (χ1) is 8.17. The van der Waals surface area contributed by atoms with E-state index in [1.807, 2.05) is 0 Å². The largest absolute Gasteiger partial charge is 0.330 e. The molecule has 2 unspecified atom stereocenters. The van der Waals surface area contributed by atoms with Gasteiger partial charge in [0.05, 0.1) is 0 Å². The molecule has 17 heavy (non-hydrogen) atoms. The molecular formula is C14H31N3. The second-order valence-electron chi connectivity index (χ2n) is 5.68. The van der Waals surface area contributed by atoms with Gasteiger partial charge in [0.2, 0.25) is 0 Å². The lowest BCUT2D eigenvalue weighted by molar-refractivity contribution is 0.183. The second-order valence-corrected chi connectivity index (χ2v) is 5.68. The van der Waals surface area contributed by atoms with E-state index in [0.717, 1.165) is 18.5 Å². The summed E-state index contributed by atoms with van der Waals surface area (Å²) < 4.78 is 0. The Morgan fingerprint density at radius 3 is 2.88 bits per heavy atom. The van der Waals surface area contributed by atoms with Crippen LogP contribution < -0.4 is 5.73 Å². The molecule has 3 nitrogen and oxygen atoms in total. The van der Waals surface area contributed by atoms with E-state index in [4.69, 9.17) is 5.73 Å². The second kappa shape index (κ2) is 8.06. The molecule has 0 radical (unpaired) electrons. The molecule has 0 saturated carbocycles. The summed E-state index contributed by atoms with van der Waals surface area (Å²) in [5.74, 6) is 0.778. The fraction of sp³-hybridized carbons (Fsp3) is 1.00. The smallest absolute Gasteiger partial charge is 0.0223 e. The number of rotatable bonds is 8. The van der Waals surface area contributed by atoms with Gasteiger partial charge >= 0.3 is 0 Å². The van der Waals surface area contributed by atoms with Gasteiger partial charge in [0, 0.05) is 19.1 Å². The van der Waals surface area contributed by atoms with E-state index < -0.39 is 0 Å². The highest BCUT2D eigenvalue weighted by molar-refractivity contribution is 4.80. The first kappa shape index (κ1) is 14.9. The van der Waals surface area contributed by atoms with E-state index >= 15 is 0 Å². The third kappa shape index (κ3) is 5.36. The summed E-state index contributed by atoms with van der Waals surface area (Å²) >= 11 is 0. The summed E-state index contributed by atoms with van der Waals surface area (Å²) in [6.45, 7) is 10.4. The first-order valence-electron chi connectivity index (χ1n) is 7.30. The first-order valence-corrected chi connectivity index (χ1v) is 7.30. The van der Waals surface area contributed by atoms with Crippen LogP contribution in [0.5, 0.6) is 0 Å². The van der Waals surface area contributed by atoms with E-state index in [1.54, 1.807) is 0 Å². The van der Waals surface area contributed by atoms with Gasteiger partial charge in [0.1, 0.15) is 0 Å². The molecule has 0 aromatic rings. The van der Waals surface area contributed by atoms with Gasteiger partial charge in [-0.1, -0.05) is 13.8 Å². The minimum absolute atomic E-state index is 0.778. The number of likely N-dealkylation sites (N-methyl/N-ethyl adjacent to an activating group) is 2. The Bertz CT molecular complexity index is 196. The third-order valence-corrected chi connectivity index (χ3v) is 3.95. The van der Waals surface area contributed by atoms with Crippen LogP contribution in [0.4, 0.5) is 0 Å². The predicted octanol–water partition coefficient (Wildman–Crippen LogP) is 1.78. The van der Waals surface area contributed by atoms with Crippen molar-refractivity contribution in [2.24, 2.45) is 11.7 Å². The molecule has 102 valence electrons. The standard InChI is InChI=1S/C14H31N3/c1-4-17-10-6-8-14(17)12-16(3)11-13(2)7-5-9-15/h13-14H,4-12,15H2,1-3H3. The van der Waals surface area contributed by atoms with Crippen molar-refractivity contribution in [3.63, 3.8) is 0 Å². The highest BCUT2D eigenvalue weighted by Crippen LogP contribution is 2.18. The zero-order chi connectivity index (χ0) is 12.7. The van der Waals surface area contributed by atoms with Crippen LogP contribution in [0, 0.1) is 5.92 Å². The van der Waals surface area contributed by atoms with E-state index in [1.165, 1.54) is 51.9 Å². The Balaban J connectivity index is 2.21. The lowest BCUT2D eigenvalue weighted by Gasteiger charge is -2.29. The molecule has 0 bridgehead atoms. The Morgan fingerprint density at radius 1 is 1.47 bits per heavy atom.